The quantitative estimate of drug-likeness (QED) is 0.857. The number of sulfone groups is 1. The molecule has 1 fully saturated rings. The Bertz CT molecular complexity index is 589. The maximum atomic E-state index is 11.7. The number of hydrogen-bond donors (Lipinski definition) is 1. The Hall–Kier alpha value is -0.290. The highest BCUT2D eigenvalue weighted by Crippen LogP contribution is 2.31. The molecule has 0 bridgehead atoms. The minimum atomic E-state index is -2.86. The van der Waals surface area contributed by atoms with E-state index in [2.05, 4.69) is 12.2 Å². The van der Waals surface area contributed by atoms with Crippen LogP contribution in [0, 0.1) is 11.8 Å². The summed E-state index contributed by atoms with van der Waals surface area (Å²) in [5.41, 5.74) is 1.04. The molecule has 2 rings (SSSR count). The molecule has 1 saturated heterocycles. The first-order valence-electron chi connectivity index (χ1n) is 7.26. The van der Waals surface area contributed by atoms with Gasteiger partial charge in [0.1, 0.15) is 0 Å². The van der Waals surface area contributed by atoms with Gasteiger partial charge < -0.3 is 5.32 Å². The van der Waals surface area contributed by atoms with Crippen LogP contribution in [0.15, 0.2) is 18.2 Å². The monoisotopic (exact) mass is 349 g/mol. The third-order valence-corrected chi connectivity index (χ3v) is 6.47. The van der Waals surface area contributed by atoms with E-state index < -0.39 is 9.84 Å². The van der Waals surface area contributed by atoms with Gasteiger partial charge in [0.15, 0.2) is 9.84 Å². The van der Waals surface area contributed by atoms with Crippen LogP contribution in [0.3, 0.4) is 0 Å². The van der Waals surface area contributed by atoms with Gasteiger partial charge >= 0.3 is 0 Å². The van der Waals surface area contributed by atoms with Crippen LogP contribution in [0.4, 0.5) is 0 Å². The summed E-state index contributed by atoms with van der Waals surface area (Å²) < 4.78 is 23.4. The largest absolute Gasteiger partial charge is 0.317 e. The van der Waals surface area contributed by atoms with E-state index in [9.17, 15) is 8.42 Å². The summed E-state index contributed by atoms with van der Waals surface area (Å²) in [5.74, 6) is 1.10. The molecular weight excluding hydrogens is 329 g/mol. The van der Waals surface area contributed by atoms with Crippen molar-refractivity contribution in [2.45, 2.75) is 19.8 Å². The molecule has 6 heteroatoms. The summed E-state index contributed by atoms with van der Waals surface area (Å²) in [6.07, 6.45) is 1.53. The molecule has 0 aliphatic carbocycles. The Kier molecular flexibility index (Phi) is 5.95. The van der Waals surface area contributed by atoms with Gasteiger partial charge in [-0.2, -0.15) is 0 Å². The van der Waals surface area contributed by atoms with Crippen molar-refractivity contribution in [3.63, 3.8) is 0 Å². The van der Waals surface area contributed by atoms with Crippen molar-refractivity contribution in [1.29, 1.82) is 0 Å². The van der Waals surface area contributed by atoms with Gasteiger partial charge in [0, 0.05) is 10.0 Å². The molecule has 118 valence electrons. The van der Waals surface area contributed by atoms with Gasteiger partial charge in [0.2, 0.25) is 0 Å². The van der Waals surface area contributed by atoms with Crippen LogP contribution < -0.4 is 5.32 Å². The van der Waals surface area contributed by atoms with Gasteiger partial charge in [-0.05, 0) is 55.5 Å². The zero-order valence-electron chi connectivity index (χ0n) is 12.1. The fraction of sp³-hybridized carbons (Fsp3) is 0.600. The molecule has 1 aromatic carbocycles. The average Bonchev–Trinajstić information content (AvgIpc) is 2.77. The molecule has 2 atom stereocenters. The Labute approximate surface area is 136 Å². The topological polar surface area (TPSA) is 46.2 Å². The highest BCUT2D eigenvalue weighted by molar-refractivity contribution is 7.91. The molecule has 2 unspecified atom stereocenters. The molecule has 3 nitrogen and oxygen atoms in total. The molecule has 0 radical (unpaired) electrons. The first kappa shape index (κ1) is 17.1. The van der Waals surface area contributed by atoms with Crippen LogP contribution in [-0.4, -0.2) is 33.0 Å². The summed E-state index contributed by atoms with van der Waals surface area (Å²) in [6.45, 7) is 3.75. The van der Waals surface area contributed by atoms with Gasteiger partial charge in [-0.1, -0.05) is 36.2 Å². The third-order valence-electron chi connectivity index (χ3n) is 4.09. The van der Waals surface area contributed by atoms with Crippen LogP contribution in [0.1, 0.15) is 18.9 Å². The highest BCUT2D eigenvalue weighted by atomic mass is 35.5. The maximum absolute atomic E-state index is 11.7. The third kappa shape index (κ3) is 4.85. The van der Waals surface area contributed by atoms with Crippen LogP contribution in [0.2, 0.25) is 10.0 Å². The van der Waals surface area contributed by atoms with E-state index in [0.717, 1.165) is 31.5 Å². The fourth-order valence-electron chi connectivity index (χ4n) is 2.90. The lowest BCUT2D eigenvalue weighted by atomic mass is 9.86. The van der Waals surface area contributed by atoms with Crippen molar-refractivity contribution >= 4 is 33.0 Å². The Morgan fingerprint density at radius 3 is 2.71 bits per heavy atom. The summed E-state index contributed by atoms with van der Waals surface area (Å²) in [5, 5.41) is 4.62. The molecule has 0 spiro atoms. The molecule has 1 aliphatic rings. The second-order valence-corrected chi connectivity index (χ2v) is 8.74. The van der Waals surface area contributed by atoms with Crippen molar-refractivity contribution in [2.24, 2.45) is 11.8 Å². The smallest absolute Gasteiger partial charge is 0.150 e. The summed E-state index contributed by atoms with van der Waals surface area (Å²) in [7, 11) is -2.86. The first-order chi connectivity index (χ1) is 9.91. The normalized spacial score (nSPS) is 22.3. The molecule has 1 aliphatic heterocycles. The van der Waals surface area contributed by atoms with Crippen molar-refractivity contribution < 1.29 is 8.42 Å². The van der Waals surface area contributed by atoms with Crippen molar-refractivity contribution in [1.82, 2.24) is 5.32 Å². The predicted octanol–water partition coefficient (Wildman–Crippen LogP) is 3.20. The van der Waals surface area contributed by atoms with E-state index in [0.29, 0.717) is 21.6 Å². The van der Waals surface area contributed by atoms with Gasteiger partial charge in [-0.25, -0.2) is 8.42 Å². The first-order valence-corrected chi connectivity index (χ1v) is 9.84. The average molecular weight is 350 g/mol. The van der Waals surface area contributed by atoms with E-state index in [4.69, 9.17) is 23.2 Å². The van der Waals surface area contributed by atoms with Crippen LogP contribution >= 0.6 is 23.2 Å². The van der Waals surface area contributed by atoms with Crippen LogP contribution in [0.5, 0.6) is 0 Å². The minimum absolute atomic E-state index is 0.209. The Morgan fingerprint density at radius 2 is 2.14 bits per heavy atom. The standard InChI is InChI=1S/C15H21Cl2NO2S/c1-2-18-9-13(12-5-6-21(19,20)10-12)7-11-3-4-14(16)8-15(11)17/h3-4,8,12-13,18H,2,5-7,9-10H2,1H3. The molecule has 0 amide bonds. The second-order valence-electron chi connectivity index (χ2n) is 5.67. The van der Waals surface area contributed by atoms with Crippen LogP contribution in [-0.2, 0) is 16.3 Å². The van der Waals surface area contributed by atoms with Gasteiger partial charge in [-0.15, -0.1) is 0 Å². The predicted molar refractivity (Wildman–Crippen MR) is 89.0 cm³/mol. The van der Waals surface area contributed by atoms with E-state index in [1.165, 1.54) is 0 Å². The highest BCUT2D eigenvalue weighted by Gasteiger charge is 2.33. The molecule has 1 N–H and O–H groups in total. The SMILES string of the molecule is CCNCC(Cc1ccc(Cl)cc1Cl)C1CCS(=O)(=O)C1. The Balaban J connectivity index is 2.12. The van der Waals surface area contributed by atoms with Crippen molar-refractivity contribution in [3.05, 3.63) is 33.8 Å². The van der Waals surface area contributed by atoms with Gasteiger partial charge in [0.05, 0.1) is 11.5 Å². The van der Waals surface area contributed by atoms with E-state index in [-0.39, 0.29) is 11.8 Å². The van der Waals surface area contributed by atoms with Crippen molar-refractivity contribution in [3.8, 4) is 0 Å². The minimum Gasteiger partial charge on any atom is -0.317 e. The molecule has 21 heavy (non-hydrogen) atoms. The van der Waals surface area contributed by atoms with Gasteiger partial charge in [0.25, 0.3) is 0 Å². The summed E-state index contributed by atoms with van der Waals surface area (Å²) in [4.78, 5) is 0. The fourth-order valence-corrected chi connectivity index (χ4v) is 5.31. The number of rotatable bonds is 6. The second kappa shape index (κ2) is 7.32. The number of halogens is 2. The zero-order chi connectivity index (χ0) is 15.5. The summed E-state index contributed by atoms with van der Waals surface area (Å²) in [6, 6.07) is 5.51. The van der Waals surface area contributed by atoms with Crippen molar-refractivity contribution in [2.75, 3.05) is 24.6 Å². The van der Waals surface area contributed by atoms with E-state index in [1.54, 1.807) is 6.07 Å². The summed E-state index contributed by atoms with van der Waals surface area (Å²) >= 11 is 12.2. The lowest BCUT2D eigenvalue weighted by molar-refractivity contribution is 0.346. The lowest BCUT2D eigenvalue weighted by Gasteiger charge is -2.23. The molecule has 1 heterocycles. The lowest BCUT2D eigenvalue weighted by Crippen LogP contribution is -2.30. The molecule has 1 aromatic rings. The molecule has 0 saturated carbocycles. The Morgan fingerprint density at radius 1 is 1.38 bits per heavy atom. The molecule has 0 aromatic heterocycles. The van der Waals surface area contributed by atoms with E-state index in [1.807, 2.05) is 12.1 Å². The van der Waals surface area contributed by atoms with E-state index >= 15 is 0 Å². The van der Waals surface area contributed by atoms with Gasteiger partial charge in [-0.3, -0.25) is 0 Å². The number of nitrogens with one attached hydrogen (secondary N) is 1. The molecular formula is C15H21Cl2NO2S. The zero-order valence-corrected chi connectivity index (χ0v) is 14.4. The number of benzene rings is 1. The number of hydrogen-bond acceptors (Lipinski definition) is 3. The maximum Gasteiger partial charge on any atom is 0.150 e. The van der Waals surface area contributed by atoms with Crippen LogP contribution in [0.25, 0.3) is 0 Å².